The van der Waals surface area contributed by atoms with Crippen molar-refractivity contribution in [3.05, 3.63) is 35.7 Å². The van der Waals surface area contributed by atoms with E-state index in [0.29, 0.717) is 30.3 Å². The lowest BCUT2D eigenvalue weighted by Crippen LogP contribution is -2.53. The summed E-state index contributed by atoms with van der Waals surface area (Å²) in [6, 6.07) is 6.88. The SMILES string of the molecule is O=C(c1cccc(-c2noc(C(F)(F)F)n2)c1)N1CCN(C2CCNCC2)CC1. The number of piperidine rings is 1. The van der Waals surface area contributed by atoms with Crippen molar-refractivity contribution in [2.45, 2.75) is 25.1 Å². The molecule has 3 heterocycles. The molecule has 1 N–H and O–H groups in total. The fraction of sp³-hybridized carbons (Fsp3) is 0.526. The van der Waals surface area contributed by atoms with E-state index in [1.807, 2.05) is 0 Å². The highest BCUT2D eigenvalue weighted by molar-refractivity contribution is 5.95. The summed E-state index contributed by atoms with van der Waals surface area (Å²) in [4.78, 5) is 20.5. The number of amides is 1. The summed E-state index contributed by atoms with van der Waals surface area (Å²) < 4.78 is 42.3. The van der Waals surface area contributed by atoms with E-state index in [1.54, 1.807) is 23.1 Å². The topological polar surface area (TPSA) is 74.5 Å². The molecule has 0 bridgehead atoms. The van der Waals surface area contributed by atoms with Gasteiger partial charge in [0.2, 0.25) is 5.82 Å². The van der Waals surface area contributed by atoms with Crippen molar-refractivity contribution in [3.8, 4) is 11.4 Å². The molecule has 1 aromatic carbocycles. The first kappa shape index (κ1) is 19.8. The number of aromatic nitrogens is 2. The Bertz CT molecular complexity index is 856. The van der Waals surface area contributed by atoms with E-state index in [1.165, 1.54) is 6.07 Å². The van der Waals surface area contributed by atoms with E-state index in [2.05, 4.69) is 24.9 Å². The first-order valence-corrected chi connectivity index (χ1v) is 9.67. The molecule has 2 aliphatic heterocycles. The summed E-state index contributed by atoms with van der Waals surface area (Å²) in [6.45, 7) is 4.98. The van der Waals surface area contributed by atoms with E-state index >= 15 is 0 Å². The molecule has 0 saturated carbocycles. The molecule has 156 valence electrons. The Morgan fingerprint density at radius 1 is 1.14 bits per heavy atom. The second-order valence-corrected chi connectivity index (χ2v) is 7.31. The maximum Gasteiger partial charge on any atom is 0.471 e. The Balaban J connectivity index is 1.42. The predicted octanol–water partition coefficient (Wildman–Crippen LogP) is 2.27. The lowest BCUT2D eigenvalue weighted by molar-refractivity contribution is -0.159. The standard InChI is InChI=1S/C19H22F3N5O2/c20-19(21,22)18-24-16(25-29-18)13-2-1-3-14(12-13)17(28)27-10-8-26(9-11-27)15-4-6-23-7-5-15/h1-3,12,15,23H,4-11H2. The number of hydrogen-bond donors (Lipinski definition) is 1. The van der Waals surface area contributed by atoms with Crippen LogP contribution in [-0.4, -0.2) is 71.2 Å². The maximum atomic E-state index is 12.9. The Morgan fingerprint density at radius 2 is 1.86 bits per heavy atom. The number of benzene rings is 1. The lowest BCUT2D eigenvalue weighted by atomic mass is 10.0. The Morgan fingerprint density at radius 3 is 2.52 bits per heavy atom. The van der Waals surface area contributed by atoms with Crippen LogP contribution in [0.4, 0.5) is 13.2 Å². The van der Waals surface area contributed by atoms with Gasteiger partial charge in [-0.2, -0.15) is 18.2 Å². The van der Waals surface area contributed by atoms with Crippen LogP contribution < -0.4 is 5.32 Å². The number of nitrogens with one attached hydrogen (secondary N) is 1. The smallest absolute Gasteiger partial charge is 0.336 e. The fourth-order valence-electron chi connectivity index (χ4n) is 3.89. The lowest BCUT2D eigenvalue weighted by Gasteiger charge is -2.40. The normalized spacial score (nSPS) is 19.5. The number of rotatable bonds is 3. The monoisotopic (exact) mass is 409 g/mol. The zero-order valence-electron chi connectivity index (χ0n) is 15.8. The molecule has 7 nitrogen and oxygen atoms in total. The molecule has 29 heavy (non-hydrogen) atoms. The highest BCUT2D eigenvalue weighted by Gasteiger charge is 2.38. The summed E-state index contributed by atoms with van der Waals surface area (Å²) in [6.07, 6.45) is -2.45. The van der Waals surface area contributed by atoms with E-state index < -0.39 is 12.1 Å². The second-order valence-electron chi connectivity index (χ2n) is 7.31. The van der Waals surface area contributed by atoms with E-state index in [4.69, 9.17) is 0 Å². The van der Waals surface area contributed by atoms with Gasteiger partial charge in [-0.15, -0.1) is 0 Å². The van der Waals surface area contributed by atoms with Crippen molar-refractivity contribution in [1.29, 1.82) is 0 Å². The molecule has 2 saturated heterocycles. The third-order valence-corrected chi connectivity index (χ3v) is 5.46. The molecular weight excluding hydrogens is 387 g/mol. The highest BCUT2D eigenvalue weighted by atomic mass is 19.4. The molecule has 0 aliphatic carbocycles. The minimum atomic E-state index is -4.70. The van der Waals surface area contributed by atoms with Crippen LogP contribution in [0.15, 0.2) is 28.8 Å². The van der Waals surface area contributed by atoms with Gasteiger partial charge in [0.1, 0.15) is 0 Å². The zero-order valence-corrected chi connectivity index (χ0v) is 15.8. The van der Waals surface area contributed by atoms with Crippen LogP contribution in [0.1, 0.15) is 29.1 Å². The zero-order chi connectivity index (χ0) is 20.4. The minimum absolute atomic E-state index is 0.142. The van der Waals surface area contributed by atoms with Gasteiger partial charge in [-0.1, -0.05) is 17.3 Å². The number of piperazine rings is 1. The fourth-order valence-corrected chi connectivity index (χ4v) is 3.89. The largest absolute Gasteiger partial charge is 0.471 e. The van der Waals surface area contributed by atoms with Crippen LogP contribution in [0, 0.1) is 0 Å². The van der Waals surface area contributed by atoms with Crippen LogP contribution in [0.5, 0.6) is 0 Å². The van der Waals surface area contributed by atoms with Gasteiger partial charge in [0.25, 0.3) is 5.91 Å². The third kappa shape index (κ3) is 4.43. The maximum absolute atomic E-state index is 12.9. The van der Waals surface area contributed by atoms with Crippen molar-refractivity contribution in [1.82, 2.24) is 25.3 Å². The molecule has 4 rings (SSSR count). The van der Waals surface area contributed by atoms with Crippen LogP contribution in [0.3, 0.4) is 0 Å². The highest BCUT2D eigenvalue weighted by Crippen LogP contribution is 2.29. The number of hydrogen-bond acceptors (Lipinski definition) is 6. The third-order valence-electron chi connectivity index (χ3n) is 5.46. The predicted molar refractivity (Wildman–Crippen MR) is 98.1 cm³/mol. The van der Waals surface area contributed by atoms with Gasteiger partial charge in [0.15, 0.2) is 0 Å². The van der Waals surface area contributed by atoms with Gasteiger partial charge in [0, 0.05) is 43.3 Å². The second kappa shape index (κ2) is 8.11. The summed E-state index contributed by atoms with van der Waals surface area (Å²) in [5.74, 6) is -1.74. The van der Waals surface area contributed by atoms with Crippen LogP contribution in [0.25, 0.3) is 11.4 Å². The van der Waals surface area contributed by atoms with Gasteiger partial charge < -0.3 is 14.7 Å². The number of alkyl halides is 3. The van der Waals surface area contributed by atoms with Gasteiger partial charge in [-0.25, -0.2) is 0 Å². The Labute approximate surface area is 165 Å². The molecule has 0 spiro atoms. The molecule has 10 heteroatoms. The van der Waals surface area contributed by atoms with Gasteiger partial charge in [-0.05, 0) is 38.1 Å². The van der Waals surface area contributed by atoms with Gasteiger partial charge >= 0.3 is 12.1 Å². The first-order chi connectivity index (χ1) is 13.9. The Kier molecular flexibility index (Phi) is 5.55. The van der Waals surface area contributed by atoms with Crippen molar-refractivity contribution in [3.63, 3.8) is 0 Å². The molecule has 1 aromatic heterocycles. The summed E-state index contributed by atoms with van der Waals surface area (Å²) >= 11 is 0. The molecule has 0 unspecified atom stereocenters. The number of carbonyl (C=O) groups is 1. The van der Waals surface area contributed by atoms with Crippen LogP contribution in [0.2, 0.25) is 0 Å². The molecular formula is C19H22F3N5O2. The van der Waals surface area contributed by atoms with Crippen LogP contribution >= 0.6 is 0 Å². The average molecular weight is 409 g/mol. The molecule has 2 aliphatic rings. The summed E-state index contributed by atoms with van der Waals surface area (Å²) in [7, 11) is 0. The van der Waals surface area contributed by atoms with Crippen molar-refractivity contribution in [2.75, 3.05) is 39.3 Å². The molecule has 0 atom stereocenters. The summed E-state index contributed by atoms with van der Waals surface area (Å²) in [5, 5.41) is 6.75. The molecule has 0 radical (unpaired) electrons. The molecule has 1 amide bonds. The van der Waals surface area contributed by atoms with E-state index in [-0.39, 0.29) is 11.7 Å². The van der Waals surface area contributed by atoms with Crippen LogP contribution in [-0.2, 0) is 6.18 Å². The number of halogens is 3. The summed E-state index contributed by atoms with van der Waals surface area (Å²) in [5.41, 5.74) is 0.708. The van der Waals surface area contributed by atoms with E-state index in [0.717, 1.165) is 39.0 Å². The van der Waals surface area contributed by atoms with Gasteiger partial charge in [-0.3, -0.25) is 9.69 Å². The van der Waals surface area contributed by atoms with Crippen molar-refractivity contribution in [2.24, 2.45) is 0 Å². The number of nitrogens with zero attached hydrogens (tertiary/aromatic N) is 4. The minimum Gasteiger partial charge on any atom is -0.336 e. The average Bonchev–Trinajstić information content (AvgIpc) is 3.25. The molecule has 2 fully saturated rings. The quantitative estimate of drug-likeness (QED) is 0.839. The Hall–Kier alpha value is -2.46. The van der Waals surface area contributed by atoms with Crippen molar-refractivity contribution < 1.29 is 22.5 Å². The number of carbonyl (C=O) groups excluding carboxylic acids is 1. The first-order valence-electron chi connectivity index (χ1n) is 9.67. The van der Waals surface area contributed by atoms with E-state index in [9.17, 15) is 18.0 Å². The van der Waals surface area contributed by atoms with Crippen molar-refractivity contribution >= 4 is 5.91 Å². The molecule has 2 aromatic rings. The van der Waals surface area contributed by atoms with Gasteiger partial charge in [0.05, 0.1) is 0 Å².